The summed E-state index contributed by atoms with van der Waals surface area (Å²) < 4.78 is 13.0. The number of hydrogen-bond donors (Lipinski definition) is 2. The molecule has 1 aromatic carbocycles. The van der Waals surface area contributed by atoms with Gasteiger partial charge in [-0.15, -0.1) is 0 Å². The minimum Gasteiger partial charge on any atom is -0.370 e. The van der Waals surface area contributed by atoms with E-state index in [1.807, 2.05) is 0 Å². The molecular formula is C15H20FN3O2. The monoisotopic (exact) mass is 293 g/mol. The van der Waals surface area contributed by atoms with Crippen LogP contribution in [0.25, 0.3) is 0 Å². The first kappa shape index (κ1) is 15.3. The molecular weight excluding hydrogens is 273 g/mol. The van der Waals surface area contributed by atoms with Crippen LogP contribution in [0.4, 0.5) is 14.9 Å². The van der Waals surface area contributed by atoms with Crippen molar-refractivity contribution in [3.63, 3.8) is 0 Å². The molecule has 0 unspecified atom stereocenters. The van der Waals surface area contributed by atoms with Crippen molar-refractivity contribution in [3.8, 4) is 0 Å². The Hall–Kier alpha value is -2.11. The lowest BCUT2D eigenvalue weighted by Crippen LogP contribution is -2.43. The minimum absolute atomic E-state index is 0.122. The minimum atomic E-state index is -0.336. The van der Waals surface area contributed by atoms with Gasteiger partial charge >= 0.3 is 6.03 Å². The Morgan fingerprint density at radius 3 is 2.90 bits per heavy atom. The van der Waals surface area contributed by atoms with Gasteiger partial charge in [0.1, 0.15) is 5.82 Å². The number of nitrogens with two attached hydrogens (primary N) is 1. The number of nitrogens with zero attached hydrogens (tertiary/aromatic N) is 1. The van der Waals surface area contributed by atoms with Crippen molar-refractivity contribution in [3.05, 3.63) is 29.6 Å². The molecule has 1 aromatic rings. The highest BCUT2D eigenvalue weighted by atomic mass is 19.1. The number of urea groups is 1. The molecule has 114 valence electrons. The highest BCUT2D eigenvalue weighted by Gasteiger charge is 2.25. The summed E-state index contributed by atoms with van der Waals surface area (Å²) in [7, 11) is 0. The SMILES string of the molecule is Cc1cc(F)ccc1NC(=O)N1CCC[C@@H](CC(N)=O)C1. The highest BCUT2D eigenvalue weighted by Crippen LogP contribution is 2.21. The molecule has 0 spiro atoms. The molecule has 1 fully saturated rings. The number of carbonyl (C=O) groups is 2. The van der Waals surface area contributed by atoms with E-state index in [0.29, 0.717) is 30.8 Å². The van der Waals surface area contributed by atoms with E-state index in [4.69, 9.17) is 5.73 Å². The van der Waals surface area contributed by atoms with Crippen LogP contribution in [-0.4, -0.2) is 29.9 Å². The van der Waals surface area contributed by atoms with Crippen LogP contribution in [0.2, 0.25) is 0 Å². The summed E-state index contributed by atoms with van der Waals surface area (Å²) in [5, 5.41) is 2.79. The number of likely N-dealkylation sites (tertiary alicyclic amines) is 1. The molecule has 1 saturated heterocycles. The van der Waals surface area contributed by atoms with E-state index in [1.54, 1.807) is 17.9 Å². The summed E-state index contributed by atoms with van der Waals surface area (Å²) in [6.07, 6.45) is 2.06. The van der Waals surface area contributed by atoms with Gasteiger partial charge in [0.05, 0.1) is 0 Å². The number of nitrogens with one attached hydrogen (secondary N) is 1. The number of halogens is 1. The standard InChI is InChI=1S/C15H20FN3O2/c1-10-7-12(16)4-5-13(10)18-15(21)19-6-2-3-11(9-19)8-14(17)20/h4-5,7,11H,2-3,6,8-9H2,1H3,(H2,17,20)(H,18,21)/t11-/m0/s1. The van der Waals surface area contributed by atoms with Crippen molar-refractivity contribution in [1.82, 2.24) is 4.90 Å². The van der Waals surface area contributed by atoms with Gasteiger partial charge in [-0.05, 0) is 49.4 Å². The van der Waals surface area contributed by atoms with Crippen molar-refractivity contribution in [2.45, 2.75) is 26.2 Å². The van der Waals surface area contributed by atoms with E-state index < -0.39 is 0 Å². The average molecular weight is 293 g/mol. The van der Waals surface area contributed by atoms with E-state index in [1.165, 1.54) is 12.1 Å². The molecule has 5 nitrogen and oxygen atoms in total. The first-order valence-corrected chi connectivity index (χ1v) is 7.06. The molecule has 1 aliphatic heterocycles. The van der Waals surface area contributed by atoms with Crippen LogP contribution < -0.4 is 11.1 Å². The number of primary amides is 1. The molecule has 0 saturated carbocycles. The fourth-order valence-electron chi connectivity index (χ4n) is 2.66. The van der Waals surface area contributed by atoms with E-state index in [-0.39, 0.29) is 23.7 Å². The van der Waals surface area contributed by atoms with Gasteiger partial charge < -0.3 is 16.0 Å². The number of piperidine rings is 1. The Morgan fingerprint density at radius 1 is 1.48 bits per heavy atom. The fourth-order valence-corrected chi connectivity index (χ4v) is 2.66. The molecule has 1 atom stereocenters. The van der Waals surface area contributed by atoms with Gasteiger partial charge in [-0.2, -0.15) is 0 Å². The predicted molar refractivity (Wildman–Crippen MR) is 78.3 cm³/mol. The summed E-state index contributed by atoms with van der Waals surface area (Å²) in [5.41, 5.74) is 6.48. The first-order chi connectivity index (χ1) is 9.95. The van der Waals surface area contributed by atoms with Crippen LogP contribution in [0.3, 0.4) is 0 Å². The second-order valence-corrected chi connectivity index (χ2v) is 5.51. The quantitative estimate of drug-likeness (QED) is 0.897. The first-order valence-electron chi connectivity index (χ1n) is 7.06. The predicted octanol–water partition coefficient (Wildman–Crippen LogP) is 2.25. The van der Waals surface area contributed by atoms with Crippen molar-refractivity contribution in [1.29, 1.82) is 0 Å². The Labute approximate surface area is 123 Å². The molecule has 1 heterocycles. The molecule has 2 rings (SSSR count). The summed E-state index contributed by atoms with van der Waals surface area (Å²) >= 11 is 0. The molecule has 0 bridgehead atoms. The van der Waals surface area contributed by atoms with Crippen molar-refractivity contribution < 1.29 is 14.0 Å². The lowest BCUT2D eigenvalue weighted by Gasteiger charge is -2.32. The Bertz CT molecular complexity index is 548. The van der Waals surface area contributed by atoms with Gasteiger partial charge in [0.2, 0.25) is 5.91 Å². The van der Waals surface area contributed by atoms with Crippen LogP contribution in [-0.2, 0) is 4.79 Å². The molecule has 6 heteroatoms. The van der Waals surface area contributed by atoms with Crippen LogP contribution >= 0.6 is 0 Å². The molecule has 0 radical (unpaired) electrons. The zero-order valence-electron chi connectivity index (χ0n) is 12.1. The maximum atomic E-state index is 13.0. The maximum Gasteiger partial charge on any atom is 0.321 e. The lowest BCUT2D eigenvalue weighted by atomic mass is 9.95. The Balaban J connectivity index is 1.97. The summed E-state index contributed by atoms with van der Waals surface area (Å²) in [6.45, 7) is 2.92. The zero-order valence-corrected chi connectivity index (χ0v) is 12.1. The number of aryl methyl sites for hydroxylation is 1. The molecule has 21 heavy (non-hydrogen) atoms. The molecule has 0 aliphatic carbocycles. The van der Waals surface area contributed by atoms with Crippen LogP contribution in [0.1, 0.15) is 24.8 Å². The van der Waals surface area contributed by atoms with Crippen molar-refractivity contribution in [2.75, 3.05) is 18.4 Å². The van der Waals surface area contributed by atoms with Crippen LogP contribution in [0.5, 0.6) is 0 Å². The van der Waals surface area contributed by atoms with Gasteiger partial charge in [0, 0.05) is 25.2 Å². The molecule has 3 amide bonds. The summed E-state index contributed by atoms with van der Waals surface area (Å²) in [6, 6.07) is 4.02. The summed E-state index contributed by atoms with van der Waals surface area (Å²) in [5.74, 6) is -0.544. The Kier molecular flexibility index (Phi) is 4.77. The number of hydrogen-bond acceptors (Lipinski definition) is 2. The smallest absolute Gasteiger partial charge is 0.321 e. The highest BCUT2D eigenvalue weighted by molar-refractivity contribution is 5.90. The topological polar surface area (TPSA) is 75.4 Å². The second kappa shape index (κ2) is 6.56. The van der Waals surface area contributed by atoms with Gasteiger partial charge in [-0.3, -0.25) is 4.79 Å². The third kappa shape index (κ3) is 4.18. The van der Waals surface area contributed by atoms with E-state index in [2.05, 4.69) is 5.32 Å². The van der Waals surface area contributed by atoms with E-state index in [0.717, 1.165) is 12.8 Å². The van der Waals surface area contributed by atoms with Crippen molar-refractivity contribution >= 4 is 17.6 Å². The third-order valence-corrected chi connectivity index (χ3v) is 3.73. The van der Waals surface area contributed by atoms with Crippen molar-refractivity contribution in [2.24, 2.45) is 11.7 Å². The van der Waals surface area contributed by atoms with Crippen LogP contribution in [0.15, 0.2) is 18.2 Å². The van der Waals surface area contributed by atoms with Gasteiger partial charge in [-0.1, -0.05) is 0 Å². The van der Waals surface area contributed by atoms with Gasteiger partial charge in [0.15, 0.2) is 0 Å². The number of amides is 3. The lowest BCUT2D eigenvalue weighted by molar-refractivity contribution is -0.119. The average Bonchev–Trinajstić information content (AvgIpc) is 2.41. The molecule has 0 aromatic heterocycles. The molecule has 1 aliphatic rings. The summed E-state index contributed by atoms with van der Waals surface area (Å²) in [4.78, 5) is 24.9. The van der Waals surface area contributed by atoms with E-state index in [9.17, 15) is 14.0 Å². The van der Waals surface area contributed by atoms with Gasteiger partial charge in [-0.25, -0.2) is 9.18 Å². The van der Waals surface area contributed by atoms with Crippen LogP contribution in [0, 0.1) is 18.7 Å². The largest absolute Gasteiger partial charge is 0.370 e. The maximum absolute atomic E-state index is 13.0. The number of anilines is 1. The Morgan fingerprint density at radius 2 is 2.24 bits per heavy atom. The number of rotatable bonds is 3. The number of carbonyl (C=O) groups excluding carboxylic acids is 2. The third-order valence-electron chi connectivity index (χ3n) is 3.73. The van der Waals surface area contributed by atoms with E-state index >= 15 is 0 Å². The number of benzene rings is 1. The fraction of sp³-hybridized carbons (Fsp3) is 0.467. The normalized spacial score (nSPS) is 18.4. The van der Waals surface area contributed by atoms with Gasteiger partial charge in [0.25, 0.3) is 0 Å². The molecule has 3 N–H and O–H groups in total. The second-order valence-electron chi connectivity index (χ2n) is 5.51. The zero-order chi connectivity index (χ0) is 15.4.